The molecule has 1 heterocycles. The van der Waals surface area contributed by atoms with Crippen molar-refractivity contribution in [2.24, 2.45) is 0 Å². The minimum Gasteiger partial charge on any atom is -0.493 e. The second-order valence-corrected chi connectivity index (χ2v) is 8.44. The highest BCUT2D eigenvalue weighted by atomic mass is 32.2. The van der Waals surface area contributed by atoms with Gasteiger partial charge in [-0.2, -0.15) is 4.31 Å². The molecule has 1 aliphatic rings. The first-order chi connectivity index (χ1) is 13.0. The van der Waals surface area contributed by atoms with E-state index in [2.05, 4.69) is 0 Å². The van der Waals surface area contributed by atoms with Gasteiger partial charge in [-0.15, -0.1) is 0 Å². The Bertz CT molecular complexity index is 901. The van der Waals surface area contributed by atoms with Gasteiger partial charge in [-0.1, -0.05) is 25.0 Å². The lowest BCUT2D eigenvalue weighted by Gasteiger charge is -2.29. The van der Waals surface area contributed by atoms with E-state index >= 15 is 0 Å². The summed E-state index contributed by atoms with van der Waals surface area (Å²) in [5, 5.41) is 0. The Balaban J connectivity index is 2.04. The highest BCUT2D eigenvalue weighted by molar-refractivity contribution is 7.89. The molecule has 2 aromatic rings. The lowest BCUT2D eigenvalue weighted by Crippen LogP contribution is -2.35. The predicted molar refractivity (Wildman–Crippen MR) is 101 cm³/mol. The third-order valence-electron chi connectivity index (χ3n) is 4.90. The van der Waals surface area contributed by atoms with Gasteiger partial charge < -0.3 is 9.47 Å². The van der Waals surface area contributed by atoms with Gasteiger partial charge in [0.1, 0.15) is 5.82 Å². The Hall–Kier alpha value is -2.12. The van der Waals surface area contributed by atoms with Crippen molar-refractivity contribution >= 4 is 10.0 Å². The molecular formula is C20H24FNO4S. The summed E-state index contributed by atoms with van der Waals surface area (Å²) < 4.78 is 52.5. The van der Waals surface area contributed by atoms with Crippen LogP contribution in [0, 0.1) is 5.82 Å². The minimum absolute atomic E-state index is 0.142. The van der Waals surface area contributed by atoms with Crippen molar-refractivity contribution in [3.05, 3.63) is 53.8 Å². The SMILES string of the molecule is COc1ccc(S(=O)(=O)N2CCCCC[C@@H]2c2cccc(F)c2)cc1OC. The molecule has 2 aromatic carbocycles. The number of ether oxygens (including phenoxy) is 2. The van der Waals surface area contributed by atoms with Crippen LogP contribution in [-0.2, 0) is 10.0 Å². The number of halogens is 1. The van der Waals surface area contributed by atoms with E-state index in [1.54, 1.807) is 18.2 Å². The molecule has 0 N–H and O–H groups in total. The number of hydrogen-bond acceptors (Lipinski definition) is 4. The summed E-state index contributed by atoms with van der Waals surface area (Å²) >= 11 is 0. The summed E-state index contributed by atoms with van der Waals surface area (Å²) in [5.41, 5.74) is 0.681. The van der Waals surface area contributed by atoms with Crippen molar-refractivity contribution in [2.75, 3.05) is 20.8 Å². The van der Waals surface area contributed by atoms with Crippen molar-refractivity contribution in [1.29, 1.82) is 0 Å². The number of nitrogens with zero attached hydrogens (tertiary/aromatic N) is 1. The van der Waals surface area contributed by atoms with Crippen LogP contribution in [0.5, 0.6) is 11.5 Å². The smallest absolute Gasteiger partial charge is 0.243 e. The molecular weight excluding hydrogens is 369 g/mol. The molecule has 3 rings (SSSR count). The Labute approximate surface area is 159 Å². The molecule has 0 spiro atoms. The molecule has 0 amide bonds. The number of methoxy groups -OCH3 is 2. The molecule has 7 heteroatoms. The van der Waals surface area contributed by atoms with Gasteiger partial charge in [-0.3, -0.25) is 0 Å². The average molecular weight is 393 g/mol. The third-order valence-corrected chi connectivity index (χ3v) is 6.80. The van der Waals surface area contributed by atoms with Gasteiger partial charge in [0.15, 0.2) is 11.5 Å². The molecule has 1 saturated heterocycles. The Kier molecular flexibility index (Phi) is 6.01. The van der Waals surface area contributed by atoms with Gasteiger partial charge in [0.05, 0.1) is 25.2 Å². The first-order valence-electron chi connectivity index (χ1n) is 8.96. The molecule has 146 valence electrons. The highest BCUT2D eigenvalue weighted by Crippen LogP contribution is 2.37. The van der Waals surface area contributed by atoms with Crippen molar-refractivity contribution in [1.82, 2.24) is 4.31 Å². The second-order valence-electron chi connectivity index (χ2n) is 6.55. The fourth-order valence-electron chi connectivity index (χ4n) is 3.53. The number of benzene rings is 2. The van der Waals surface area contributed by atoms with E-state index in [9.17, 15) is 12.8 Å². The molecule has 0 aromatic heterocycles. The summed E-state index contributed by atoms with van der Waals surface area (Å²) in [6.45, 7) is 0.401. The standard InChI is InChI=1S/C20H24FNO4S/c1-25-19-11-10-17(14-20(19)26-2)27(23,24)22-12-5-3-4-9-18(22)15-7-6-8-16(21)13-15/h6-8,10-11,13-14,18H,3-5,9,12H2,1-2H3/t18-/m1/s1. The largest absolute Gasteiger partial charge is 0.493 e. The maximum Gasteiger partial charge on any atom is 0.243 e. The maximum atomic E-state index is 13.8. The van der Waals surface area contributed by atoms with Gasteiger partial charge in [0.25, 0.3) is 0 Å². The quantitative estimate of drug-likeness (QED) is 0.766. The van der Waals surface area contributed by atoms with Crippen molar-refractivity contribution in [2.45, 2.75) is 36.6 Å². The van der Waals surface area contributed by atoms with Crippen LogP contribution < -0.4 is 9.47 Å². The van der Waals surface area contributed by atoms with E-state index < -0.39 is 10.0 Å². The minimum atomic E-state index is -3.78. The van der Waals surface area contributed by atoms with Crippen LogP contribution in [0.25, 0.3) is 0 Å². The Morgan fingerprint density at radius 2 is 1.78 bits per heavy atom. The van der Waals surface area contributed by atoms with E-state index in [-0.39, 0.29) is 16.8 Å². The van der Waals surface area contributed by atoms with Crippen LogP contribution >= 0.6 is 0 Å². The zero-order valence-corrected chi connectivity index (χ0v) is 16.3. The van der Waals surface area contributed by atoms with E-state index in [1.807, 2.05) is 0 Å². The number of hydrogen-bond donors (Lipinski definition) is 0. The van der Waals surface area contributed by atoms with Crippen LogP contribution in [0.15, 0.2) is 47.4 Å². The van der Waals surface area contributed by atoms with Crippen LogP contribution in [0.2, 0.25) is 0 Å². The Morgan fingerprint density at radius 3 is 2.48 bits per heavy atom. The lowest BCUT2D eigenvalue weighted by atomic mass is 10.0. The zero-order valence-electron chi connectivity index (χ0n) is 15.5. The topological polar surface area (TPSA) is 55.8 Å². The third kappa shape index (κ3) is 4.09. The molecule has 1 aliphatic heterocycles. The summed E-state index contributed by atoms with van der Waals surface area (Å²) in [6, 6.07) is 10.4. The van der Waals surface area contributed by atoms with Crippen LogP contribution in [0.4, 0.5) is 4.39 Å². The van der Waals surface area contributed by atoms with E-state index in [1.165, 1.54) is 42.8 Å². The predicted octanol–water partition coefficient (Wildman–Crippen LogP) is 4.15. The zero-order chi connectivity index (χ0) is 19.4. The van der Waals surface area contributed by atoms with Crippen LogP contribution in [0.1, 0.15) is 37.3 Å². The number of sulfonamides is 1. The van der Waals surface area contributed by atoms with E-state index in [0.717, 1.165) is 19.3 Å². The monoisotopic (exact) mass is 393 g/mol. The van der Waals surface area contributed by atoms with Gasteiger partial charge in [-0.05, 0) is 42.7 Å². The van der Waals surface area contributed by atoms with Gasteiger partial charge in [0, 0.05) is 12.6 Å². The molecule has 0 aliphatic carbocycles. The molecule has 27 heavy (non-hydrogen) atoms. The van der Waals surface area contributed by atoms with E-state index in [4.69, 9.17) is 9.47 Å². The molecule has 1 atom stereocenters. The molecule has 0 radical (unpaired) electrons. The fraction of sp³-hybridized carbons (Fsp3) is 0.400. The highest BCUT2D eigenvalue weighted by Gasteiger charge is 2.34. The normalized spacial score (nSPS) is 18.7. The van der Waals surface area contributed by atoms with Gasteiger partial charge in [-0.25, -0.2) is 12.8 Å². The molecule has 0 saturated carbocycles. The maximum absolute atomic E-state index is 13.8. The first kappa shape index (κ1) is 19.6. The molecule has 0 unspecified atom stereocenters. The van der Waals surface area contributed by atoms with Crippen molar-refractivity contribution in [3.63, 3.8) is 0 Å². The molecule has 1 fully saturated rings. The summed E-state index contributed by atoms with van der Waals surface area (Å²) in [6.07, 6.45) is 3.29. The second kappa shape index (κ2) is 8.27. The van der Waals surface area contributed by atoms with Crippen molar-refractivity contribution in [3.8, 4) is 11.5 Å². The van der Waals surface area contributed by atoms with Gasteiger partial charge >= 0.3 is 0 Å². The molecule has 5 nitrogen and oxygen atoms in total. The number of rotatable bonds is 5. The Morgan fingerprint density at radius 1 is 1.00 bits per heavy atom. The summed E-state index contributed by atoms with van der Waals surface area (Å²) in [4.78, 5) is 0.142. The average Bonchev–Trinajstić information content (AvgIpc) is 2.94. The summed E-state index contributed by atoms with van der Waals surface area (Å²) in [7, 11) is -0.809. The van der Waals surface area contributed by atoms with Crippen LogP contribution in [0.3, 0.4) is 0 Å². The molecule has 0 bridgehead atoms. The first-order valence-corrected chi connectivity index (χ1v) is 10.4. The van der Waals surface area contributed by atoms with Gasteiger partial charge in [0.2, 0.25) is 10.0 Å². The van der Waals surface area contributed by atoms with Crippen molar-refractivity contribution < 1.29 is 22.3 Å². The lowest BCUT2D eigenvalue weighted by molar-refractivity contribution is 0.327. The van der Waals surface area contributed by atoms with Crippen LogP contribution in [-0.4, -0.2) is 33.5 Å². The fourth-order valence-corrected chi connectivity index (χ4v) is 5.23. The summed E-state index contributed by atoms with van der Waals surface area (Å²) in [5.74, 6) is 0.463. The van der Waals surface area contributed by atoms with E-state index in [0.29, 0.717) is 30.0 Å².